The topological polar surface area (TPSA) is 363 Å². The molecule has 3 fully saturated rings. The number of aliphatic carboxylic acids is 2. The lowest BCUT2D eigenvalue weighted by molar-refractivity contribution is -0.147. The van der Waals surface area contributed by atoms with E-state index in [0.717, 1.165) is 6.92 Å². The Bertz CT molecular complexity index is 1890. The number of benzene rings is 1. The first-order chi connectivity index (χ1) is 31.2. The lowest BCUT2D eigenvalue weighted by Crippen LogP contribution is -2.59. The van der Waals surface area contributed by atoms with E-state index in [1.165, 1.54) is 14.7 Å². The van der Waals surface area contributed by atoms with Gasteiger partial charge in [0.05, 0.1) is 19.2 Å². The van der Waals surface area contributed by atoms with E-state index in [4.69, 9.17) is 27.1 Å². The van der Waals surface area contributed by atoms with Crippen LogP contribution in [0, 0.1) is 5.92 Å². The molecule has 7 unspecified atom stereocenters. The minimum absolute atomic E-state index is 0.0265. The van der Waals surface area contributed by atoms with Crippen LogP contribution in [0.25, 0.3) is 0 Å². The summed E-state index contributed by atoms with van der Waals surface area (Å²) in [6.07, 6.45) is 3.46. The molecule has 0 spiro atoms. The van der Waals surface area contributed by atoms with Crippen molar-refractivity contribution in [3.8, 4) is 0 Å². The third-order valence-electron chi connectivity index (χ3n) is 11.3. The summed E-state index contributed by atoms with van der Waals surface area (Å²) in [6.45, 7) is 4.39. The highest BCUT2D eigenvalue weighted by atomic mass is 16.4. The van der Waals surface area contributed by atoms with Crippen molar-refractivity contribution in [3.05, 3.63) is 35.9 Å². The number of carboxylic acids is 2. The zero-order chi connectivity index (χ0) is 49.1. The van der Waals surface area contributed by atoms with Crippen molar-refractivity contribution in [2.45, 2.75) is 127 Å². The third kappa shape index (κ3) is 16.6. The van der Waals surface area contributed by atoms with Gasteiger partial charge in [0, 0.05) is 39.5 Å². The number of aliphatic hydroxyl groups excluding tert-OH is 1. The number of aliphatic hydroxyl groups is 1. The number of rotatable bonds is 21. The minimum Gasteiger partial charge on any atom is -0.481 e. The van der Waals surface area contributed by atoms with E-state index in [2.05, 4.69) is 26.3 Å². The molecule has 4 rings (SSSR count). The van der Waals surface area contributed by atoms with E-state index < -0.39 is 96.9 Å². The van der Waals surface area contributed by atoms with Gasteiger partial charge in [-0.1, -0.05) is 44.2 Å². The predicted octanol–water partition coefficient (Wildman–Crippen LogP) is -2.63. The van der Waals surface area contributed by atoms with Gasteiger partial charge in [0.1, 0.15) is 36.3 Å². The lowest BCUT2D eigenvalue weighted by Gasteiger charge is -2.32. The second-order valence-corrected chi connectivity index (χ2v) is 16.9. The quantitative estimate of drug-likeness (QED) is 0.0343. The van der Waals surface area contributed by atoms with Crippen LogP contribution in [-0.4, -0.2) is 171 Å². The van der Waals surface area contributed by atoms with Crippen LogP contribution in [0.3, 0.4) is 0 Å². The molecule has 23 heteroatoms. The molecule has 1 aromatic carbocycles. The Balaban J connectivity index is 0.00000277. The largest absolute Gasteiger partial charge is 0.481 e. The summed E-state index contributed by atoms with van der Waals surface area (Å²) >= 11 is 0. The van der Waals surface area contributed by atoms with Crippen molar-refractivity contribution < 1.29 is 58.5 Å². The number of likely N-dealkylation sites (tertiary alicyclic amines) is 3. The first-order valence-corrected chi connectivity index (χ1v) is 22.2. The Morgan fingerprint density at radius 1 is 0.758 bits per heavy atom. The maximum atomic E-state index is 13.8. The van der Waals surface area contributed by atoms with Gasteiger partial charge < -0.3 is 68.5 Å². The summed E-state index contributed by atoms with van der Waals surface area (Å²) in [5.74, 6) is -6.45. The molecule has 3 aliphatic rings. The van der Waals surface area contributed by atoms with Gasteiger partial charge in [-0.2, -0.15) is 0 Å². The number of nitrogens with zero attached hydrogens (tertiary/aromatic N) is 4. The highest BCUT2D eigenvalue weighted by molar-refractivity contribution is 5.97. The molecule has 13 N–H and O–H groups in total. The molecule has 0 bridgehead atoms. The predicted molar refractivity (Wildman–Crippen MR) is 239 cm³/mol. The molecule has 66 heavy (non-hydrogen) atoms. The standard InChI is InChI=1S/C41H63N11O10.C2H4O2/c1-24(2)20-28(40(61)62)48-36(57)31-14-8-17-50(31)38(59)29(23-53)49-34(55)27(21-25-10-4-3-5-11-25)47-33(54)22-46-35(56)30-13-7-18-51(30)39(60)32-15-9-19-52(32)37(58)26(42)12-6-16-45-41(43)44;1-2(3)4/h3-5,10-11,24,26-32,53H,6-9,12-23,42H2,1-2H3,(H,46,56)(H,47,54)(H,48,57)(H,49,55)(H,61,62)(H4,43,44,45);1H3,(H,3,4). The van der Waals surface area contributed by atoms with Gasteiger partial charge in [0.15, 0.2) is 5.96 Å². The number of carboxylic acid groups (broad SMARTS) is 2. The average molecular weight is 930 g/mol. The number of guanidine groups is 1. The molecule has 7 atom stereocenters. The molecule has 366 valence electrons. The SMILES string of the molecule is CC(=O)O.CC(C)CC(NC(=O)C1CCCN1C(=O)C(CO)NC(=O)C(Cc1ccccc1)NC(=O)CNC(=O)C1CCCN1C(=O)C1CCCN1C(=O)C(N)CCCN=C(N)N)C(=O)O. The summed E-state index contributed by atoms with van der Waals surface area (Å²) < 4.78 is 0. The van der Waals surface area contributed by atoms with E-state index in [-0.39, 0.29) is 56.0 Å². The van der Waals surface area contributed by atoms with Gasteiger partial charge in [-0.3, -0.25) is 43.3 Å². The molecule has 0 radical (unpaired) electrons. The first kappa shape index (κ1) is 54.0. The fourth-order valence-electron chi connectivity index (χ4n) is 8.15. The highest BCUT2D eigenvalue weighted by Gasteiger charge is 2.43. The van der Waals surface area contributed by atoms with E-state index in [0.29, 0.717) is 63.6 Å². The van der Waals surface area contributed by atoms with Crippen LogP contribution in [0.5, 0.6) is 0 Å². The highest BCUT2D eigenvalue weighted by Crippen LogP contribution is 2.26. The summed E-state index contributed by atoms with van der Waals surface area (Å²) in [5, 5.41) is 37.5. The van der Waals surface area contributed by atoms with Crippen molar-refractivity contribution in [2.24, 2.45) is 28.1 Å². The number of carbonyl (C=O) groups excluding carboxylic acids is 7. The van der Waals surface area contributed by atoms with Crippen molar-refractivity contribution in [2.75, 3.05) is 39.3 Å². The Morgan fingerprint density at radius 3 is 1.88 bits per heavy atom. The van der Waals surface area contributed by atoms with Crippen LogP contribution in [0.4, 0.5) is 0 Å². The maximum absolute atomic E-state index is 13.8. The number of carbonyl (C=O) groups is 9. The molecule has 3 saturated heterocycles. The molecule has 0 aromatic heterocycles. The van der Waals surface area contributed by atoms with Crippen molar-refractivity contribution in [1.82, 2.24) is 36.0 Å². The van der Waals surface area contributed by atoms with Crippen molar-refractivity contribution in [1.29, 1.82) is 0 Å². The summed E-state index contributed by atoms with van der Waals surface area (Å²) in [4.78, 5) is 123. The smallest absolute Gasteiger partial charge is 0.326 e. The summed E-state index contributed by atoms with van der Waals surface area (Å²) in [5.41, 5.74) is 17.5. The summed E-state index contributed by atoms with van der Waals surface area (Å²) in [6, 6.07) is 1.20. The number of nitrogens with two attached hydrogens (primary N) is 3. The zero-order valence-electron chi connectivity index (χ0n) is 37.9. The lowest BCUT2D eigenvalue weighted by atomic mass is 10.0. The van der Waals surface area contributed by atoms with Gasteiger partial charge in [-0.25, -0.2) is 4.79 Å². The fourth-order valence-corrected chi connectivity index (χ4v) is 8.15. The maximum Gasteiger partial charge on any atom is 0.326 e. The molecule has 3 aliphatic heterocycles. The molecule has 1 aromatic rings. The number of amides is 7. The second kappa shape index (κ2) is 26.6. The minimum atomic E-state index is -1.50. The monoisotopic (exact) mass is 929 g/mol. The normalized spacial score (nSPS) is 19.6. The van der Waals surface area contributed by atoms with Crippen LogP contribution >= 0.6 is 0 Å². The van der Waals surface area contributed by atoms with Gasteiger partial charge in [-0.05, 0) is 69.3 Å². The van der Waals surface area contributed by atoms with E-state index in [1.807, 2.05) is 13.8 Å². The van der Waals surface area contributed by atoms with Crippen LogP contribution < -0.4 is 38.5 Å². The Kier molecular flexibility index (Phi) is 21.7. The van der Waals surface area contributed by atoms with Gasteiger partial charge in [0.2, 0.25) is 41.4 Å². The number of nitrogens with one attached hydrogen (secondary N) is 4. The van der Waals surface area contributed by atoms with Crippen molar-refractivity contribution >= 4 is 59.2 Å². The summed E-state index contributed by atoms with van der Waals surface area (Å²) in [7, 11) is 0. The van der Waals surface area contributed by atoms with Crippen LogP contribution in [0.2, 0.25) is 0 Å². The molecule has 3 heterocycles. The zero-order valence-corrected chi connectivity index (χ0v) is 37.9. The average Bonchev–Trinajstić information content (AvgIpc) is 4.07. The van der Waals surface area contributed by atoms with E-state index >= 15 is 0 Å². The number of hydrogen-bond acceptors (Lipinski definition) is 12. The molecule has 0 saturated carbocycles. The molecule has 23 nitrogen and oxygen atoms in total. The van der Waals surface area contributed by atoms with Crippen LogP contribution in [-0.2, 0) is 49.6 Å². The second-order valence-electron chi connectivity index (χ2n) is 16.9. The molecular formula is C43H67N11O12. The molecule has 7 amide bonds. The fraction of sp³-hybridized carbons (Fsp3) is 0.628. The van der Waals surface area contributed by atoms with E-state index in [1.54, 1.807) is 30.3 Å². The number of aliphatic imine (C=N–C) groups is 1. The molecular weight excluding hydrogens is 863 g/mol. The number of hydrogen-bond donors (Lipinski definition) is 10. The van der Waals surface area contributed by atoms with Crippen LogP contribution in [0.1, 0.15) is 84.1 Å². The Labute approximate surface area is 383 Å². The van der Waals surface area contributed by atoms with Crippen LogP contribution in [0.15, 0.2) is 35.3 Å². The Hall–Kier alpha value is -6.36. The van der Waals surface area contributed by atoms with Crippen molar-refractivity contribution in [3.63, 3.8) is 0 Å². The third-order valence-corrected chi connectivity index (χ3v) is 11.3. The van der Waals surface area contributed by atoms with E-state index in [9.17, 15) is 48.6 Å². The molecule has 0 aliphatic carbocycles. The van der Waals surface area contributed by atoms with Gasteiger partial charge >= 0.3 is 5.97 Å². The van der Waals surface area contributed by atoms with Gasteiger partial charge in [0.25, 0.3) is 5.97 Å². The first-order valence-electron chi connectivity index (χ1n) is 22.2. The Morgan fingerprint density at radius 2 is 1.32 bits per heavy atom. The van der Waals surface area contributed by atoms with Gasteiger partial charge in [-0.15, -0.1) is 0 Å².